The van der Waals surface area contributed by atoms with Gasteiger partial charge in [-0.25, -0.2) is 4.68 Å². The fourth-order valence-corrected chi connectivity index (χ4v) is 2.41. The van der Waals surface area contributed by atoms with Crippen LogP contribution in [-0.4, -0.2) is 30.4 Å². The Balaban J connectivity index is 2.14. The van der Waals surface area contributed by atoms with E-state index in [1.165, 1.54) is 0 Å². The standard InChI is InChI=1S/C15H8F3N7O3/c16-15(17,18)12-11(14(26)24-13(20)8(5-19)6-21-24)7-22-23(12)9-1-3-10(4-2-9)25(27)28/h1-4,6-7H,20H2. The number of benzene rings is 1. The fourth-order valence-electron chi connectivity index (χ4n) is 2.41. The van der Waals surface area contributed by atoms with E-state index in [2.05, 4.69) is 10.2 Å². The molecule has 28 heavy (non-hydrogen) atoms. The summed E-state index contributed by atoms with van der Waals surface area (Å²) in [4.78, 5) is 22.5. The quantitative estimate of drug-likeness (QED) is 0.531. The van der Waals surface area contributed by atoms with Crippen molar-refractivity contribution < 1.29 is 22.9 Å². The van der Waals surface area contributed by atoms with Gasteiger partial charge in [-0.2, -0.15) is 33.3 Å². The van der Waals surface area contributed by atoms with Crippen LogP contribution in [0.4, 0.5) is 24.7 Å². The van der Waals surface area contributed by atoms with Gasteiger partial charge in [0.15, 0.2) is 5.69 Å². The van der Waals surface area contributed by atoms with Gasteiger partial charge in [0.1, 0.15) is 17.5 Å². The summed E-state index contributed by atoms with van der Waals surface area (Å²) in [6.45, 7) is 0. The van der Waals surface area contributed by atoms with E-state index >= 15 is 0 Å². The Kier molecular flexibility index (Phi) is 4.31. The van der Waals surface area contributed by atoms with Crippen LogP contribution in [0.25, 0.3) is 5.69 Å². The minimum atomic E-state index is -5.00. The molecule has 0 aliphatic heterocycles. The van der Waals surface area contributed by atoms with Crippen LogP contribution in [0, 0.1) is 21.4 Å². The first-order valence-electron chi connectivity index (χ1n) is 7.33. The minimum Gasteiger partial charge on any atom is -0.382 e. The largest absolute Gasteiger partial charge is 0.434 e. The molecule has 0 spiro atoms. The van der Waals surface area contributed by atoms with E-state index in [-0.39, 0.29) is 16.9 Å². The molecule has 1 aromatic carbocycles. The Bertz CT molecular complexity index is 1120. The summed E-state index contributed by atoms with van der Waals surface area (Å²) < 4.78 is 41.8. The second kappa shape index (κ2) is 6.50. The lowest BCUT2D eigenvalue weighted by atomic mass is 10.2. The molecule has 0 saturated heterocycles. The average Bonchev–Trinajstić information content (AvgIpc) is 3.24. The minimum absolute atomic E-state index is 0.150. The highest BCUT2D eigenvalue weighted by Crippen LogP contribution is 2.34. The van der Waals surface area contributed by atoms with Gasteiger partial charge in [0.25, 0.3) is 11.6 Å². The molecule has 3 aromatic rings. The van der Waals surface area contributed by atoms with Crippen molar-refractivity contribution in [3.63, 3.8) is 0 Å². The molecule has 0 fully saturated rings. The Morgan fingerprint density at radius 2 is 1.86 bits per heavy atom. The van der Waals surface area contributed by atoms with Gasteiger partial charge in [0, 0.05) is 12.1 Å². The molecule has 10 nitrogen and oxygen atoms in total. The first-order chi connectivity index (χ1) is 13.1. The van der Waals surface area contributed by atoms with Gasteiger partial charge in [-0.15, -0.1) is 0 Å². The highest BCUT2D eigenvalue weighted by Gasteiger charge is 2.41. The van der Waals surface area contributed by atoms with E-state index in [9.17, 15) is 28.1 Å². The first kappa shape index (κ1) is 18.6. The normalized spacial score (nSPS) is 11.2. The van der Waals surface area contributed by atoms with E-state index in [1.807, 2.05) is 0 Å². The van der Waals surface area contributed by atoms with Crippen LogP contribution in [0.3, 0.4) is 0 Å². The van der Waals surface area contributed by atoms with Crippen molar-refractivity contribution in [3.8, 4) is 11.8 Å². The lowest BCUT2D eigenvalue weighted by Gasteiger charge is -2.12. The lowest BCUT2D eigenvalue weighted by molar-refractivity contribution is -0.384. The number of carbonyl (C=O) groups is 1. The topological polar surface area (TPSA) is 146 Å². The third-order valence-electron chi connectivity index (χ3n) is 3.69. The third-order valence-corrected chi connectivity index (χ3v) is 3.69. The summed E-state index contributed by atoms with van der Waals surface area (Å²) in [7, 11) is 0. The number of rotatable bonds is 3. The van der Waals surface area contributed by atoms with Gasteiger partial charge in [-0.3, -0.25) is 14.9 Å². The molecule has 0 amide bonds. The highest BCUT2D eigenvalue weighted by molar-refractivity contribution is 5.98. The smallest absolute Gasteiger partial charge is 0.382 e. The molecule has 2 aromatic heterocycles. The number of nitro benzene ring substituents is 1. The van der Waals surface area contributed by atoms with Crippen LogP contribution < -0.4 is 5.73 Å². The summed E-state index contributed by atoms with van der Waals surface area (Å²) in [5.74, 6) is -1.65. The predicted octanol–water partition coefficient (Wildman–Crippen LogP) is 2.14. The second-order valence-corrected chi connectivity index (χ2v) is 5.36. The number of nitrogen functional groups attached to an aromatic ring is 1. The van der Waals surface area contributed by atoms with Crippen molar-refractivity contribution in [2.75, 3.05) is 5.73 Å². The van der Waals surface area contributed by atoms with Crippen LogP contribution in [0.2, 0.25) is 0 Å². The SMILES string of the molecule is N#Cc1cnn(C(=O)c2cnn(-c3ccc([N+](=O)[O-])cc3)c2C(F)(F)F)c1N. The Morgan fingerprint density at radius 3 is 2.36 bits per heavy atom. The number of nitro groups is 1. The fraction of sp³-hybridized carbons (Fsp3) is 0.0667. The maximum absolute atomic E-state index is 13.6. The van der Waals surface area contributed by atoms with Crippen molar-refractivity contribution in [2.24, 2.45) is 0 Å². The maximum atomic E-state index is 13.6. The number of hydrogen-bond acceptors (Lipinski definition) is 7. The molecule has 3 rings (SSSR count). The number of anilines is 1. The predicted molar refractivity (Wildman–Crippen MR) is 86.3 cm³/mol. The van der Waals surface area contributed by atoms with Crippen molar-refractivity contribution in [3.05, 3.63) is 63.6 Å². The number of nitrogens with zero attached hydrogens (tertiary/aromatic N) is 6. The zero-order valence-electron chi connectivity index (χ0n) is 13.6. The third kappa shape index (κ3) is 3.03. The van der Waals surface area contributed by atoms with Crippen LogP contribution in [0.15, 0.2) is 36.7 Å². The van der Waals surface area contributed by atoms with E-state index in [0.29, 0.717) is 15.6 Å². The van der Waals surface area contributed by atoms with E-state index in [1.54, 1.807) is 6.07 Å². The maximum Gasteiger partial charge on any atom is 0.434 e. The van der Waals surface area contributed by atoms with Crippen molar-refractivity contribution in [1.82, 2.24) is 19.6 Å². The molecule has 2 N–H and O–H groups in total. The first-order valence-corrected chi connectivity index (χ1v) is 7.33. The summed E-state index contributed by atoms with van der Waals surface area (Å²) >= 11 is 0. The summed E-state index contributed by atoms with van der Waals surface area (Å²) in [6.07, 6.45) is -3.37. The van der Waals surface area contributed by atoms with Gasteiger partial charge < -0.3 is 5.73 Å². The molecule has 0 unspecified atom stereocenters. The van der Waals surface area contributed by atoms with Crippen LogP contribution >= 0.6 is 0 Å². The molecule has 142 valence electrons. The molecule has 0 aliphatic carbocycles. The molecule has 13 heteroatoms. The van der Waals surface area contributed by atoms with E-state index in [4.69, 9.17) is 11.0 Å². The zero-order valence-corrected chi connectivity index (χ0v) is 13.6. The number of non-ortho nitro benzene ring substituents is 1. The van der Waals surface area contributed by atoms with Crippen LogP contribution in [0.1, 0.15) is 21.6 Å². The summed E-state index contributed by atoms with van der Waals surface area (Å²) in [6, 6.07) is 5.78. The number of nitriles is 1. The van der Waals surface area contributed by atoms with Crippen molar-refractivity contribution in [1.29, 1.82) is 5.26 Å². The van der Waals surface area contributed by atoms with Gasteiger partial charge in [-0.05, 0) is 12.1 Å². The Hall–Kier alpha value is -4.21. The molecule has 0 saturated carbocycles. The molecule has 0 aliphatic rings. The zero-order chi connectivity index (χ0) is 20.6. The van der Waals surface area contributed by atoms with Gasteiger partial charge in [0.2, 0.25) is 0 Å². The number of hydrogen-bond donors (Lipinski definition) is 1. The molecule has 0 bridgehead atoms. The monoisotopic (exact) mass is 391 g/mol. The average molecular weight is 391 g/mol. The van der Waals surface area contributed by atoms with Crippen LogP contribution in [0.5, 0.6) is 0 Å². The highest BCUT2D eigenvalue weighted by atomic mass is 19.4. The molecule has 2 heterocycles. The molecular weight excluding hydrogens is 383 g/mol. The van der Waals surface area contributed by atoms with Crippen LogP contribution in [-0.2, 0) is 6.18 Å². The van der Waals surface area contributed by atoms with E-state index in [0.717, 1.165) is 30.5 Å². The summed E-state index contributed by atoms with van der Waals surface area (Å²) in [5, 5.41) is 26.7. The number of alkyl halides is 3. The molecule has 0 radical (unpaired) electrons. The van der Waals surface area contributed by atoms with Gasteiger partial charge >= 0.3 is 6.18 Å². The number of nitrogens with two attached hydrogens (primary N) is 1. The second-order valence-electron chi connectivity index (χ2n) is 5.36. The number of halogens is 3. The lowest BCUT2D eigenvalue weighted by Crippen LogP contribution is -2.22. The van der Waals surface area contributed by atoms with E-state index < -0.39 is 34.1 Å². The Morgan fingerprint density at radius 1 is 1.21 bits per heavy atom. The van der Waals surface area contributed by atoms with Crippen molar-refractivity contribution >= 4 is 17.4 Å². The molecule has 0 atom stereocenters. The number of aromatic nitrogens is 4. The summed E-state index contributed by atoms with van der Waals surface area (Å²) in [5.41, 5.74) is 2.63. The Labute approximate surface area is 153 Å². The van der Waals surface area contributed by atoms with Gasteiger partial charge in [-0.1, -0.05) is 0 Å². The van der Waals surface area contributed by atoms with Gasteiger partial charge in [0.05, 0.1) is 28.6 Å². The van der Waals surface area contributed by atoms with Crippen molar-refractivity contribution in [2.45, 2.75) is 6.18 Å². The number of carbonyl (C=O) groups excluding carboxylic acids is 1. The molecular formula is C15H8F3N7O3.